The number of piperazine rings is 1. The van der Waals surface area contributed by atoms with Gasteiger partial charge in [-0.3, -0.25) is 9.69 Å². The minimum Gasteiger partial charge on any atom is -0.337 e. The van der Waals surface area contributed by atoms with Gasteiger partial charge >= 0.3 is 0 Å². The Balaban J connectivity index is 1.58. The van der Waals surface area contributed by atoms with E-state index in [4.69, 9.17) is 0 Å². The zero-order valence-electron chi connectivity index (χ0n) is 14.3. The van der Waals surface area contributed by atoms with Gasteiger partial charge in [-0.15, -0.1) is 11.3 Å². The second-order valence-corrected chi connectivity index (χ2v) is 9.65. The van der Waals surface area contributed by atoms with Crippen LogP contribution >= 0.6 is 11.3 Å². The monoisotopic (exact) mass is 371 g/mol. The summed E-state index contributed by atoms with van der Waals surface area (Å²) in [5.74, 6) is 0.289. The lowest BCUT2D eigenvalue weighted by atomic mass is 10.1. The number of hydrogen-bond donors (Lipinski definition) is 0. The number of nitrogens with zero attached hydrogens (tertiary/aromatic N) is 3. The van der Waals surface area contributed by atoms with Crippen LogP contribution < -0.4 is 0 Å². The largest absolute Gasteiger partial charge is 0.337 e. The highest BCUT2D eigenvalue weighted by molar-refractivity contribution is 7.89. The Morgan fingerprint density at radius 1 is 1.25 bits per heavy atom. The molecule has 0 bridgehead atoms. The molecule has 0 aliphatic carbocycles. The van der Waals surface area contributed by atoms with Gasteiger partial charge in [-0.05, 0) is 37.3 Å². The van der Waals surface area contributed by atoms with Crippen molar-refractivity contribution in [3.63, 3.8) is 0 Å². The maximum atomic E-state index is 12.8. The van der Waals surface area contributed by atoms with Crippen LogP contribution in [-0.2, 0) is 27.8 Å². The van der Waals surface area contributed by atoms with Crippen LogP contribution in [0.3, 0.4) is 0 Å². The highest BCUT2D eigenvalue weighted by atomic mass is 32.2. The third kappa shape index (κ3) is 3.51. The van der Waals surface area contributed by atoms with E-state index in [2.05, 4.69) is 16.3 Å². The quantitative estimate of drug-likeness (QED) is 0.792. The second-order valence-electron chi connectivity index (χ2n) is 6.39. The fourth-order valence-corrected chi connectivity index (χ4v) is 5.38. The van der Waals surface area contributed by atoms with Crippen molar-refractivity contribution in [3.05, 3.63) is 21.9 Å². The Morgan fingerprint density at radius 3 is 2.62 bits per heavy atom. The van der Waals surface area contributed by atoms with E-state index in [0.29, 0.717) is 32.7 Å². The van der Waals surface area contributed by atoms with Crippen molar-refractivity contribution in [3.8, 4) is 0 Å². The lowest BCUT2D eigenvalue weighted by Crippen LogP contribution is -2.56. The number of sulfonamides is 1. The first kappa shape index (κ1) is 17.8. The van der Waals surface area contributed by atoms with Crippen molar-refractivity contribution < 1.29 is 13.2 Å². The summed E-state index contributed by atoms with van der Waals surface area (Å²) in [6, 6.07) is 1.91. The SMILES string of the molecule is CCS(=O)(=O)N1CCN(C(C)C(=O)N2CCc3sccc3C2)CC1. The summed E-state index contributed by atoms with van der Waals surface area (Å²) >= 11 is 1.77. The average Bonchev–Trinajstić information content (AvgIpc) is 3.08. The third-order valence-corrected chi connectivity index (χ3v) is 7.96. The van der Waals surface area contributed by atoms with Gasteiger partial charge in [0.25, 0.3) is 0 Å². The summed E-state index contributed by atoms with van der Waals surface area (Å²) in [5.41, 5.74) is 1.27. The number of thiophene rings is 1. The molecule has 134 valence electrons. The Morgan fingerprint density at radius 2 is 1.96 bits per heavy atom. The molecule has 1 unspecified atom stereocenters. The number of rotatable bonds is 4. The number of hydrogen-bond acceptors (Lipinski definition) is 5. The fraction of sp³-hybridized carbons (Fsp3) is 0.688. The molecule has 0 spiro atoms. The highest BCUT2D eigenvalue weighted by Gasteiger charge is 2.32. The third-order valence-electron chi connectivity index (χ3n) is 5.06. The smallest absolute Gasteiger partial charge is 0.239 e. The molecule has 3 heterocycles. The first-order valence-electron chi connectivity index (χ1n) is 8.48. The predicted octanol–water partition coefficient (Wildman–Crippen LogP) is 0.989. The molecule has 1 saturated heterocycles. The molecular weight excluding hydrogens is 346 g/mol. The van der Waals surface area contributed by atoms with Crippen LogP contribution in [-0.4, -0.2) is 72.9 Å². The molecule has 24 heavy (non-hydrogen) atoms. The summed E-state index contributed by atoms with van der Waals surface area (Å²) in [6.07, 6.45) is 0.938. The molecule has 8 heteroatoms. The van der Waals surface area contributed by atoms with Crippen molar-refractivity contribution in [1.29, 1.82) is 0 Å². The molecule has 1 amide bonds. The normalized spacial score (nSPS) is 21.5. The maximum Gasteiger partial charge on any atom is 0.239 e. The molecule has 1 aromatic heterocycles. The van der Waals surface area contributed by atoms with Gasteiger partial charge in [0.05, 0.1) is 11.8 Å². The molecule has 1 atom stereocenters. The van der Waals surface area contributed by atoms with Crippen LogP contribution in [0.4, 0.5) is 0 Å². The van der Waals surface area contributed by atoms with E-state index >= 15 is 0 Å². The first-order valence-corrected chi connectivity index (χ1v) is 11.0. The van der Waals surface area contributed by atoms with Gasteiger partial charge in [-0.1, -0.05) is 0 Å². The van der Waals surface area contributed by atoms with Crippen LogP contribution in [0.2, 0.25) is 0 Å². The minimum absolute atomic E-state index is 0.137. The molecule has 0 radical (unpaired) electrons. The summed E-state index contributed by atoms with van der Waals surface area (Å²) in [7, 11) is -3.13. The van der Waals surface area contributed by atoms with Gasteiger partial charge < -0.3 is 4.90 Å². The molecule has 3 rings (SSSR count). The molecule has 2 aliphatic rings. The number of fused-ring (bicyclic) bond motifs is 1. The van der Waals surface area contributed by atoms with E-state index in [-0.39, 0.29) is 17.7 Å². The van der Waals surface area contributed by atoms with Gasteiger partial charge in [0.1, 0.15) is 0 Å². The van der Waals surface area contributed by atoms with Crippen LogP contribution in [0, 0.1) is 0 Å². The van der Waals surface area contributed by atoms with E-state index in [9.17, 15) is 13.2 Å². The maximum absolute atomic E-state index is 12.8. The Kier molecular flexibility index (Phi) is 5.29. The first-order chi connectivity index (χ1) is 11.4. The van der Waals surface area contributed by atoms with Crippen LogP contribution in [0.5, 0.6) is 0 Å². The van der Waals surface area contributed by atoms with Crippen LogP contribution in [0.15, 0.2) is 11.4 Å². The molecule has 1 fully saturated rings. The summed E-state index contributed by atoms with van der Waals surface area (Å²) in [6.45, 7) is 7.27. The molecule has 2 aliphatic heterocycles. The zero-order chi connectivity index (χ0) is 17.3. The lowest BCUT2D eigenvalue weighted by molar-refractivity contribution is -0.137. The summed E-state index contributed by atoms with van der Waals surface area (Å²) in [4.78, 5) is 18.3. The average molecular weight is 372 g/mol. The van der Waals surface area contributed by atoms with E-state index in [1.807, 2.05) is 11.8 Å². The highest BCUT2D eigenvalue weighted by Crippen LogP contribution is 2.25. The van der Waals surface area contributed by atoms with Crippen molar-refractivity contribution >= 4 is 27.3 Å². The van der Waals surface area contributed by atoms with Gasteiger partial charge in [0, 0.05) is 44.1 Å². The predicted molar refractivity (Wildman–Crippen MR) is 95.5 cm³/mol. The van der Waals surface area contributed by atoms with E-state index in [1.165, 1.54) is 10.4 Å². The van der Waals surface area contributed by atoms with Gasteiger partial charge in [0.15, 0.2) is 0 Å². The van der Waals surface area contributed by atoms with Crippen molar-refractivity contribution in [2.75, 3.05) is 38.5 Å². The molecule has 0 saturated carbocycles. The van der Waals surface area contributed by atoms with Gasteiger partial charge in [0.2, 0.25) is 15.9 Å². The Hall–Kier alpha value is -0.960. The fourth-order valence-electron chi connectivity index (χ4n) is 3.41. The molecule has 1 aromatic rings. The minimum atomic E-state index is -3.13. The van der Waals surface area contributed by atoms with Crippen molar-refractivity contribution in [2.45, 2.75) is 32.9 Å². The van der Waals surface area contributed by atoms with Crippen LogP contribution in [0.25, 0.3) is 0 Å². The van der Waals surface area contributed by atoms with Crippen LogP contribution in [0.1, 0.15) is 24.3 Å². The molecule has 0 N–H and O–H groups in total. The molecule has 0 aromatic carbocycles. The second kappa shape index (κ2) is 7.11. The standard InChI is InChI=1S/C16H25N3O3S2/c1-3-24(21,22)19-9-7-17(8-10-19)13(2)16(20)18-6-4-15-14(12-18)5-11-23-15/h5,11,13H,3-4,6-10,12H2,1-2H3. The lowest BCUT2D eigenvalue weighted by Gasteiger charge is -2.39. The molecule has 6 nitrogen and oxygen atoms in total. The number of amides is 1. The van der Waals surface area contributed by atoms with Gasteiger partial charge in [-0.2, -0.15) is 4.31 Å². The summed E-state index contributed by atoms with van der Waals surface area (Å²) < 4.78 is 25.4. The van der Waals surface area contributed by atoms with Crippen molar-refractivity contribution in [2.24, 2.45) is 0 Å². The topological polar surface area (TPSA) is 60.9 Å². The Bertz CT molecular complexity index is 693. The summed E-state index contributed by atoms with van der Waals surface area (Å²) in [5, 5.41) is 2.09. The van der Waals surface area contributed by atoms with E-state index in [0.717, 1.165) is 13.0 Å². The molecular formula is C16H25N3O3S2. The van der Waals surface area contributed by atoms with Gasteiger partial charge in [-0.25, -0.2) is 8.42 Å². The number of carbonyl (C=O) groups excluding carboxylic acids is 1. The van der Waals surface area contributed by atoms with E-state index in [1.54, 1.807) is 22.6 Å². The number of carbonyl (C=O) groups is 1. The van der Waals surface area contributed by atoms with Crippen molar-refractivity contribution in [1.82, 2.24) is 14.1 Å². The zero-order valence-corrected chi connectivity index (χ0v) is 15.9. The van der Waals surface area contributed by atoms with E-state index < -0.39 is 10.0 Å². The Labute approximate surface area is 148 Å².